The first kappa shape index (κ1) is 25.1. The number of nitrogen functional groups attached to an aromatic ring is 1. The molecule has 7 heteroatoms. The van der Waals surface area contributed by atoms with E-state index in [-0.39, 0.29) is 17.4 Å². The predicted octanol–water partition coefficient (Wildman–Crippen LogP) is 5.39. The van der Waals surface area contributed by atoms with Gasteiger partial charge in [0.05, 0.1) is 6.33 Å². The summed E-state index contributed by atoms with van der Waals surface area (Å²) in [5.74, 6) is 0.313. The standard InChI is InChI=1S/C24H41N5O2/c1-2-3-4-5-6-7-8-9-10-11-12-13-14-15-20(16-17-30)18-29-19-26-21-22(29)27-24(25)28-23(21)31/h17,19-20H,2-16,18H2,1H3,(H3,25,27,28,31)/t20-/m1/s1. The Kier molecular flexibility index (Phi) is 11.9. The third-order valence-corrected chi connectivity index (χ3v) is 6.09. The van der Waals surface area contributed by atoms with E-state index in [1.165, 1.54) is 77.0 Å². The number of nitrogens with one attached hydrogen (secondary N) is 1. The van der Waals surface area contributed by atoms with E-state index >= 15 is 0 Å². The van der Waals surface area contributed by atoms with Crippen LogP contribution >= 0.6 is 0 Å². The Morgan fingerprint density at radius 3 is 2.16 bits per heavy atom. The highest BCUT2D eigenvalue weighted by Gasteiger charge is 2.14. The summed E-state index contributed by atoms with van der Waals surface area (Å²) >= 11 is 0. The number of H-pyrrole nitrogens is 1. The van der Waals surface area contributed by atoms with E-state index in [4.69, 9.17) is 5.73 Å². The Bertz CT molecular complexity index is 814. The molecule has 0 aliphatic carbocycles. The van der Waals surface area contributed by atoms with Crippen LogP contribution in [0.2, 0.25) is 0 Å². The van der Waals surface area contributed by atoms with Gasteiger partial charge in [0.1, 0.15) is 6.29 Å². The molecule has 0 aliphatic rings. The highest BCUT2D eigenvalue weighted by molar-refractivity contribution is 5.70. The summed E-state index contributed by atoms with van der Waals surface area (Å²) in [5, 5.41) is 0. The second-order valence-electron chi connectivity index (χ2n) is 8.82. The van der Waals surface area contributed by atoms with Crippen LogP contribution < -0.4 is 11.3 Å². The number of aromatic amines is 1. The van der Waals surface area contributed by atoms with E-state index < -0.39 is 0 Å². The quantitative estimate of drug-likeness (QED) is 0.243. The van der Waals surface area contributed by atoms with Crippen molar-refractivity contribution in [1.82, 2.24) is 19.5 Å². The number of aromatic nitrogens is 4. The lowest BCUT2D eigenvalue weighted by atomic mass is 9.97. The molecule has 0 bridgehead atoms. The maximum absolute atomic E-state index is 11.9. The van der Waals surface area contributed by atoms with Crippen LogP contribution in [0.5, 0.6) is 0 Å². The van der Waals surface area contributed by atoms with Gasteiger partial charge in [0.25, 0.3) is 5.56 Å². The molecule has 2 heterocycles. The first-order valence-corrected chi connectivity index (χ1v) is 12.3. The van der Waals surface area contributed by atoms with Crippen molar-refractivity contribution in [3.63, 3.8) is 0 Å². The monoisotopic (exact) mass is 431 g/mol. The summed E-state index contributed by atoms with van der Waals surface area (Å²) in [6.45, 7) is 2.89. The smallest absolute Gasteiger partial charge is 0.280 e. The number of hydrogen-bond donors (Lipinski definition) is 2. The van der Waals surface area contributed by atoms with Crippen molar-refractivity contribution >= 4 is 23.4 Å². The molecule has 174 valence electrons. The summed E-state index contributed by atoms with van der Waals surface area (Å²) in [4.78, 5) is 33.9. The number of aldehydes is 1. The van der Waals surface area contributed by atoms with Crippen molar-refractivity contribution in [3.05, 3.63) is 16.7 Å². The molecule has 0 unspecified atom stereocenters. The molecule has 2 aromatic rings. The highest BCUT2D eigenvalue weighted by Crippen LogP contribution is 2.19. The molecule has 31 heavy (non-hydrogen) atoms. The fourth-order valence-corrected chi connectivity index (χ4v) is 4.25. The van der Waals surface area contributed by atoms with Crippen LogP contribution in [0.25, 0.3) is 11.2 Å². The molecule has 0 saturated heterocycles. The van der Waals surface area contributed by atoms with E-state index in [1.807, 2.05) is 4.57 Å². The Morgan fingerprint density at radius 1 is 1.00 bits per heavy atom. The van der Waals surface area contributed by atoms with E-state index in [2.05, 4.69) is 21.9 Å². The number of hydrogen-bond acceptors (Lipinski definition) is 5. The lowest BCUT2D eigenvalue weighted by Crippen LogP contribution is -2.15. The number of nitrogens with two attached hydrogens (primary N) is 1. The van der Waals surface area contributed by atoms with Crippen LogP contribution in [0.1, 0.15) is 103 Å². The average molecular weight is 432 g/mol. The zero-order chi connectivity index (χ0) is 22.3. The molecular weight excluding hydrogens is 390 g/mol. The number of rotatable bonds is 18. The summed E-state index contributed by atoms with van der Waals surface area (Å²) in [5.41, 5.74) is 6.12. The maximum atomic E-state index is 11.9. The van der Waals surface area contributed by atoms with Gasteiger partial charge < -0.3 is 15.1 Å². The van der Waals surface area contributed by atoms with Gasteiger partial charge in [-0.1, -0.05) is 90.4 Å². The highest BCUT2D eigenvalue weighted by atomic mass is 16.1. The van der Waals surface area contributed by atoms with Crippen molar-refractivity contribution < 1.29 is 4.79 Å². The number of nitrogens with zero attached hydrogens (tertiary/aromatic N) is 3. The van der Waals surface area contributed by atoms with Crippen molar-refractivity contribution in [1.29, 1.82) is 0 Å². The molecule has 0 amide bonds. The van der Waals surface area contributed by atoms with E-state index in [1.54, 1.807) is 6.33 Å². The Balaban J connectivity index is 1.61. The number of imidazole rings is 1. The second kappa shape index (κ2) is 14.8. The molecule has 2 aromatic heterocycles. The molecule has 0 aromatic carbocycles. The molecule has 0 spiro atoms. The van der Waals surface area contributed by atoms with Gasteiger partial charge >= 0.3 is 0 Å². The zero-order valence-electron chi connectivity index (χ0n) is 19.3. The van der Waals surface area contributed by atoms with Gasteiger partial charge in [-0.2, -0.15) is 4.98 Å². The topological polar surface area (TPSA) is 107 Å². The molecule has 1 atom stereocenters. The number of unbranched alkanes of at least 4 members (excludes halogenated alkanes) is 12. The fourth-order valence-electron chi connectivity index (χ4n) is 4.25. The minimum atomic E-state index is -0.329. The van der Waals surface area contributed by atoms with Crippen LogP contribution in [0, 0.1) is 5.92 Å². The summed E-state index contributed by atoms with van der Waals surface area (Å²) in [6.07, 6.45) is 21.4. The largest absolute Gasteiger partial charge is 0.369 e. The van der Waals surface area contributed by atoms with E-state index in [0.29, 0.717) is 24.1 Å². The van der Waals surface area contributed by atoms with Crippen molar-refractivity contribution in [2.24, 2.45) is 5.92 Å². The van der Waals surface area contributed by atoms with Crippen molar-refractivity contribution in [2.75, 3.05) is 5.73 Å². The molecule has 0 saturated carbocycles. The van der Waals surface area contributed by atoms with Crippen molar-refractivity contribution in [3.8, 4) is 0 Å². The number of fused-ring (bicyclic) bond motifs is 1. The van der Waals surface area contributed by atoms with Crippen molar-refractivity contribution in [2.45, 2.75) is 110 Å². The Labute approximate surface area is 186 Å². The zero-order valence-corrected chi connectivity index (χ0v) is 19.3. The van der Waals surface area contributed by atoms with Crippen LogP contribution in [-0.4, -0.2) is 25.8 Å². The first-order valence-electron chi connectivity index (χ1n) is 12.3. The van der Waals surface area contributed by atoms with Crippen LogP contribution in [0.3, 0.4) is 0 Å². The molecular formula is C24H41N5O2. The van der Waals surface area contributed by atoms with Crippen LogP contribution in [0.4, 0.5) is 5.95 Å². The third kappa shape index (κ3) is 9.23. The van der Waals surface area contributed by atoms with E-state index in [0.717, 1.165) is 19.1 Å². The SMILES string of the molecule is CCCCCCCCCCCCCCC[C@H](CC=O)Cn1cnc2c(=O)[nH]c(N)nc21. The Hall–Kier alpha value is -2.18. The predicted molar refractivity (Wildman–Crippen MR) is 127 cm³/mol. The molecule has 3 N–H and O–H groups in total. The van der Waals surface area contributed by atoms with E-state index in [9.17, 15) is 9.59 Å². The van der Waals surface area contributed by atoms with Gasteiger partial charge in [-0.25, -0.2) is 4.98 Å². The first-order chi connectivity index (χ1) is 15.2. The normalized spacial score (nSPS) is 12.4. The lowest BCUT2D eigenvalue weighted by molar-refractivity contribution is -0.108. The average Bonchev–Trinajstić information content (AvgIpc) is 3.14. The lowest BCUT2D eigenvalue weighted by Gasteiger charge is -2.15. The third-order valence-electron chi connectivity index (χ3n) is 6.09. The van der Waals surface area contributed by atoms with Crippen LogP contribution in [0.15, 0.2) is 11.1 Å². The summed E-state index contributed by atoms with van der Waals surface area (Å²) in [6, 6.07) is 0. The summed E-state index contributed by atoms with van der Waals surface area (Å²) < 4.78 is 1.84. The van der Waals surface area contributed by atoms with Gasteiger partial charge in [0, 0.05) is 13.0 Å². The number of carbonyl (C=O) groups excluding carboxylic acids is 1. The van der Waals surface area contributed by atoms with Gasteiger partial charge in [-0.3, -0.25) is 9.78 Å². The minimum absolute atomic E-state index is 0.0858. The number of carbonyl (C=O) groups is 1. The Morgan fingerprint density at radius 2 is 1.58 bits per heavy atom. The molecule has 2 rings (SSSR count). The van der Waals surface area contributed by atoms with Gasteiger partial charge in [-0.05, 0) is 12.3 Å². The molecule has 0 fully saturated rings. The molecule has 0 aliphatic heterocycles. The summed E-state index contributed by atoms with van der Waals surface area (Å²) in [7, 11) is 0. The maximum Gasteiger partial charge on any atom is 0.280 e. The second-order valence-corrected chi connectivity index (χ2v) is 8.82. The van der Waals surface area contributed by atoms with Gasteiger partial charge in [-0.15, -0.1) is 0 Å². The van der Waals surface area contributed by atoms with Gasteiger partial charge in [0.15, 0.2) is 11.2 Å². The molecule has 0 radical (unpaired) electrons. The van der Waals surface area contributed by atoms with Gasteiger partial charge in [0.2, 0.25) is 5.95 Å². The fraction of sp³-hybridized carbons (Fsp3) is 0.750. The molecule has 7 nitrogen and oxygen atoms in total. The minimum Gasteiger partial charge on any atom is -0.369 e. The van der Waals surface area contributed by atoms with Crippen LogP contribution in [-0.2, 0) is 11.3 Å². The number of anilines is 1.